The summed E-state index contributed by atoms with van der Waals surface area (Å²) < 4.78 is 5.17. The normalized spacial score (nSPS) is 21.9. The Kier molecular flexibility index (Phi) is 4.65. The molecule has 0 spiro atoms. The van der Waals surface area contributed by atoms with Gasteiger partial charge >= 0.3 is 0 Å². The smallest absolute Gasteiger partial charge is 0.118 e. The lowest BCUT2D eigenvalue weighted by molar-refractivity contribution is 0.140. The van der Waals surface area contributed by atoms with E-state index in [0.29, 0.717) is 6.54 Å². The molecule has 1 aliphatic heterocycles. The highest BCUT2D eigenvalue weighted by Crippen LogP contribution is 2.23. The van der Waals surface area contributed by atoms with Crippen LogP contribution in [0.25, 0.3) is 0 Å². The monoisotopic (exact) mass is 299 g/mol. The van der Waals surface area contributed by atoms with Gasteiger partial charge in [0.15, 0.2) is 0 Å². The van der Waals surface area contributed by atoms with Gasteiger partial charge in [0.05, 0.1) is 18.9 Å². The Morgan fingerprint density at radius 3 is 2.73 bits per heavy atom. The van der Waals surface area contributed by atoms with E-state index in [4.69, 9.17) is 4.74 Å². The summed E-state index contributed by atoms with van der Waals surface area (Å²) in [6, 6.07) is 8.08. The van der Waals surface area contributed by atoms with Crippen LogP contribution in [0.4, 0.5) is 0 Å². The van der Waals surface area contributed by atoms with Crippen LogP contribution in [0, 0.1) is 5.92 Å². The highest BCUT2D eigenvalue weighted by Gasteiger charge is 2.31. The third-order valence-corrected chi connectivity index (χ3v) is 4.14. The van der Waals surface area contributed by atoms with Crippen molar-refractivity contribution in [2.45, 2.75) is 19.1 Å². The number of benzene rings is 1. The van der Waals surface area contributed by atoms with E-state index < -0.39 is 0 Å². The lowest BCUT2D eigenvalue weighted by Gasteiger charge is -2.15. The number of rotatable bonds is 5. The molecule has 0 saturated carbocycles. The highest BCUT2D eigenvalue weighted by molar-refractivity contribution is 5.27. The molecule has 1 fully saturated rings. The highest BCUT2D eigenvalue weighted by atomic mass is 16.5. The Labute approximate surface area is 130 Å². The first-order valence-corrected chi connectivity index (χ1v) is 7.53. The van der Waals surface area contributed by atoms with Gasteiger partial charge in [0.2, 0.25) is 0 Å². The fourth-order valence-corrected chi connectivity index (χ4v) is 2.96. The Morgan fingerprint density at radius 1 is 1.23 bits per heavy atom. The molecule has 116 valence electrons. The molecule has 1 aliphatic rings. The van der Waals surface area contributed by atoms with E-state index in [0.717, 1.165) is 31.0 Å². The van der Waals surface area contributed by atoms with Crippen LogP contribution in [0.1, 0.15) is 11.3 Å². The van der Waals surface area contributed by atoms with E-state index >= 15 is 0 Å². The second kappa shape index (κ2) is 6.85. The van der Waals surface area contributed by atoms with Crippen molar-refractivity contribution in [3.05, 3.63) is 54.1 Å². The maximum Gasteiger partial charge on any atom is 0.118 e. The van der Waals surface area contributed by atoms with Crippen molar-refractivity contribution in [2.75, 3.05) is 20.2 Å². The fraction of sp³-hybridized carbons (Fsp3) is 0.412. The number of hydrogen-bond donors (Lipinski definition) is 1. The molecule has 5 heteroatoms. The number of aliphatic hydroxyl groups excluding tert-OH is 1. The predicted molar refractivity (Wildman–Crippen MR) is 83.5 cm³/mol. The predicted octanol–water partition coefficient (Wildman–Crippen LogP) is 1.52. The number of ether oxygens (including phenoxy) is 1. The molecule has 2 atom stereocenters. The van der Waals surface area contributed by atoms with Gasteiger partial charge in [-0.1, -0.05) is 12.1 Å². The Hall–Kier alpha value is -1.98. The first kappa shape index (κ1) is 14.9. The van der Waals surface area contributed by atoms with Crippen LogP contribution < -0.4 is 4.74 Å². The maximum absolute atomic E-state index is 10.3. The lowest BCUT2D eigenvalue weighted by atomic mass is 10.0. The summed E-state index contributed by atoms with van der Waals surface area (Å²) in [6.45, 7) is 2.43. The molecule has 1 N–H and O–H groups in total. The third-order valence-electron chi connectivity index (χ3n) is 4.14. The minimum Gasteiger partial charge on any atom is -0.497 e. The molecule has 0 radical (unpaired) electrons. The molecule has 22 heavy (non-hydrogen) atoms. The number of aliphatic hydroxyl groups is 1. The van der Waals surface area contributed by atoms with E-state index in [1.807, 2.05) is 12.1 Å². The van der Waals surface area contributed by atoms with Gasteiger partial charge in [-0.25, -0.2) is 0 Å². The topological polar surface area (TPSA) is 58.5 Å². The first-order valence-electron chi connectivity index (χ1n) is 7.53. The zero-order chi connectivity index (χ0) is 15.4. The first-order chi connectivity index (χ1) is 10.7. The molecule has 1 aromatic carbocycles. The minimum absolute atomic E-state index is 0.218. The van der Waals surface area contributed by atoms with Crippen LogP contribution in [0.5, 0.6) is 5.75 Å². The molecule has 0 aliphatic carbocycles. The number of likely N-dealkylation sites (tertiary alicyclic amines) is 1. The molecule has 0 bridgehead atoms. The van der Waals surface area contributed by atoms with Crippen molar-refractivity contribution in [1.82, 2.24) is 14.9 Å². The average Bonchev–Trinajstić information content (AvgIpc) is 2.88. The molecular formula is C17H21N3O2. The zero-order valence-electron chi connectivity index (χ0n) is 12.7. The second-order valence-corrected chi connectivity index (χ2v) is 5.77. The molecule has 1 saturated heterocycles. The van der Waals surface area contributed by atoms with Crippen molar-refractivity contribution in [1.29, 1.82) is 0 Å². The van der Waals surface area contributed by atoms with Crippen molar-refractivity contribution >= 4 is 0 Å². The quantitative estimate of drug-likeness (QED) is 0.907. The van der Waals surface area contributed by atoms with Crippen LogP contribution in [0.3, 0.4) is 0 Å². The van der Waals surface area contributed by atoms with Crippen LogP contribution >= 0.6 is 0 Å². The van der Waals surface area contributed by atoms with Crippen molar-refractivity contribution in [3.8, 4) is 5.75 Å². The van der Waals surface area contributed by atoms with Gasteiger partial charge in [0.25, 0.3) is 0 Å². The maximum atomic E-state index is 10.3. The van der Waals surface area contributed by atoms with E-state index in [9.17, 15) is 5.11 Å². The summed E-state index contributed by atoms with van der Waals surface area (Å²) in [5.41, 5.74) is 2.17. The van der Waals surface area contributed by atoms with Crippen LogP contribution in [-0.4, -0.2) is 46.3 Å². The molecule has 2 heterocycles. The minimum atomic E-state index is -0.305. The lowest BCUT2D eigenvalue weighted by Crippen LogP contribution is -2.21. The average molecular weight is 299 g/mol. The number of β-amino-alcohol motifs (C(OH)–C–C–N with tert-alkyl or cyclic N) is 1. The van der Waals surface area contributed by atoms with Crippen molar-refractivity contribution < 1.29 is 9.84 Å². The third kappa shape index (κ3) is 3.61. The van der Waals surface area contributed by atoms with Gasteiger partial charge < -0.3 is 9.84 Å². The number of hydrogen-bond acceptors (Lipinski definition) is 5. The van der Waals surface area contributed by atoms with Gasteiger partial charge in [-0.3, -0.25) is 14.9 Å². The standard InChI is InChI=1S/C17H21N3O2/c1-22-16-4-2-13(3-5-16)10-20-11-14(17(21)12-20)8-15-9-18-6-7-19-15/h2-7,9,14,17,21H,8,10-12H2,1H3/t14-,17-/m1/s1. The van der Waals surface area contributed by atoms with Gasteiger partial charge in [-0.2, -0.15) is 0 Å². The SMILES string of the molecule is COc1ccc(CN2C[C@@H](Cc3cnccn3)[C@H](O)C2)cc1. The van der Waals surface area contributed by atoms with Gasteiger partial charge in [-0.05, 0) is 24.1 Å². The van der Waals surface area contributed by atoms with E-state index in [1.165, 1.54) is 5.56 Å². The van der Waals surface area contributed by atoms with Gasteiger partial charge in [-0.15, -0.1) is 0 Å². The summed E-state index contributed by atoms with van der Waals surface area (Å²) in [5.74, 6) is 1.08. The van der Waals surface area contributed by atoms with Crippen LogP contribution in [0.15, 0.2) is 42.9 Å². The summed E-state index contributed by atoms with van der Waals surface area (Å²) in [5, 5.41) is 10.3. The summed E-state index contributed by atoms with van der Waals surface area (Å²) in [7, 11) is 1.67. The molecular weight excluding hydrogens is 278 g/mol. The fourth-order valence-electron chi connectivity index (χ4n) is 2.96. The van der Waals surface area contributed by atoms with E-state index in [2.05, 4.69) is 27.0 Å². The zero-order valence-corrected chi connectivity index (χ0v) is 12.7. The van der Waals surface area contributed by atoms with Gasteiger partial charge in [0, 0.05) is 44.1 Å². The largest absolute Gasteiger partial charge is 0.497 e. The Bertz CT molecular complexity index is 589. The number of methoxy groups -OCH3 is 1. The Morgan fingerprint density at radius 2 is 2.05 bits per heavy atom. The van der Waals surface area contributed by atoms with Crippen LogP contribution in [-0.2, 0) is 13.0 Å². The van der Waals surface area contributed by atoms with Gasteiger partial charge in [0.1, 0.15) is 5.75 Å². The molecule has 0 amide bonds. The number of aromatic nitrogens is 2. The second-order valence-electron chi connectivity index (χ2n) is 5.77. The van der Waals surface area contributed by atoms with E-state index in [-0.39, 0.29) is 12.0 Å². The summed E-state index contributed by atoms with van der Waals surface area (Å²) >= 11 is 0. The molecule has 5 nitrogen and oxygen atoms in total. The van der Waals surface area contributed by atoms with Crippen LogP contribution in [0.2, 0.25) is 0 Å². The van der Waals surface area contributed by atoms with Crippen molar-refractivity contribution in [2.24, 2.45) is 5.92 Å². The molecule has 2 aromatic rings. The number of nitrogens with zero attached hydrogens (tertiary/aromatic N) is 3. The summed E-state index contributed by atoms with van der Waals surface area (Å²) in [6.07, 6.45) is 5.61. The summed E-state index contributed by atoms with van der Waals surface area (Å²) in [4.78, 5) is 10.7. The molecule has 1 aromatic heterocycles. The van der Waals surface area contributed by atoms with E-state index in [1.54, 1.807) is 25.7 Å². The molecule has 3 rings (SSSR count). The molecule has 0 unspecified atom stereocenters. The Balaban J connectivity index is 1.58. The van der Waals surface area contributed by atoms with Crippen molar-refractivity contribution in [3.63, 3.8) is 0 Å².